The zero-order valence-corrected chi connectivity index (χ0v) is 17.3. The van der Waals surface area contributed by atoms with Gasteiger partial charge in [0.2, 0.25) is 0 Å². The normalized spacial score (nSPS) is 21.0. The maximum atomic E-state index is 12.7. The van der Waals surface area contributed by atoms with Crippen molar-refractivity contribution in [3.63, 3.8) is 0 Å². The molecule has 1 fully saturated rings. The third kappa shape index (κ3) is 3.85. The first kappa shape index (κ1) is 21.6. The number of halogens is 4. The predicted octanol–water partition coefficient (Wildman–Crippen LogP) is 3.94. The summed E-state index contributed by atoms with van der Waals surface area (Å²) in [7, 11) is 1.83. The number of nitrogens with zero attached hydrogens (tertiary/aromatic N) is 4. The Morgan fingerprint density at radius 3 is 2.55 bits per heavy atom. The molecular formula is C19H22ClF3N4O2. The Balaban J connectivity index is 1.88. The van der Waals surface area contributed by atoms with Crippen molar-refractivity contribution in [3.05, 3.63) is 45.5 Å². The van der Waals surface area contributed by atoms with Gasteiger partial charge in [0.05, 0.1) is 23.6 Å². The Kier molecular flexibility index (Phi) is 5.66. The molecule has 0 N–H and O–H groups in total. The molecule has 0 spiro atoms. The molecule has 0 saturated heterocycles. The summed E-state index contributed by atoms with van der Waals surface area (Å²) in [6.07, 6.45) is -1.53. The van der Waals surface area contributed by atoms with Gasteiger partial charge in [0.15, 0.2) is 5.82 Å². The van der Waals surface area contributed by atoms with Crippen molar-refractivity contribution in [2.24, 2.45) is 5.41 Å². The van der Waals surface area contributed by atoms with Crippen molar-refractivity contribution in [2.75, 3.05) is 18.6 Å². The Labute approximate surface area is 171 Å². The molecular weight excluding hydrogens is 409 g/mol. The summed E-state index contributed by atoms with van der Waals surface area (Å²) in [5, 5.41) is 4.00. The highest BCUT2D eigenvalue weighted by atomic mass is 35.5. The van der Waals surface area contributed by atoms with Crippen LogP contribution in [0, 0.1) is 5.41 Å². The number of pyridine rings is 1. The summed E-state index contributed by atoms with van der Waals surface area (Å²) in [5.74, 6) is -0.0421. The molecule has 3 rings (SSSR count). The van der Waals surface area contributed by atoms with Gasteiger partial charge >= 0.3 is 6.18 Å². The van der Waals surface area contributed by atoms with E-state index in [1.54, 1.807) is 0 Å². The van der Waals surface area contributed by atoms with Crippen molar-refractivity contribution in [1.29, 1.82) is 0 Å². The second-order valence-corrected chi connectivity index (χ2v) is 7.97. The Morgan fingerprint density at radius 1 is 1.34 bits per heavy atom. The van der Waals surface area contributed by atoms with Gasteiger partial charge in [-0.1, -0.05) is 25.4 Å². The van der Waals surface area contributed by atoms with Gasteiger partial charge < -0.3 is 9.64 Å². The molecule has 1 saturated carbocycles. The number of alkyl halides is 3. The van der Waals surface area contributed by atoms with Crippen LogP contribution in [0.25, 0.3) is 5.82 Å². The summed E-state index contributed by atoms with van der Waals surface area (Å²) < 4.78 is 44.7. The van der Waals surface area contributed by atoms with E-state index in [1.807, 2.05) is 18.9 Å². The number of rotatable bonds is 5. The topological polar surface area (TPSA) is 60.2 Å². The van der Waals surface area contributed by atoms with Crippen molar-refractivity contribution in [2.45, 2.75) is 45.5 Å². The van der Waals surface area contributed by atoms with Crippen LogP contribution in [-0.4, -0.2) is 40.6 Å². The van der Waals surface area contributed by atoms with Gasteiger partial charge in [-0.3, -0.25) is 4.79 Å². The largest absolute Gasteiger partial charge is 0.417 e. The molecule has 2 aromatic rings. The summed E-state index contributed by atoms with van der Waals surface area (Å²) in [6.45, 7) is 6.76. The van der Waals surface area contributed by atoms with Gasteiger partial charge in [0.1, 0.15) is 5.02 Å². The van der Waals surface area contributed by atoms with E-state index in [0.29, 0.717) is 18.5 Å². The maximum Gasteiger partial charge on any atom is 0.417 e. The zero-order chi connectivity index (χ0) is 21.6. The van der Waals surface area contributed by atoms with Gasteiger partial charge in [-0.05, 0) is 25.5 Å². The smallest absolute Gasteiger partial charge is 0.378 e. The molecule has 0 radical (unpaired) electrons. The summed E-state index contributed by atoms with van der Waals surface area (Å²) >= 11 is 6.31. The lowest BCUT2D eigenvalue weighted by molar-refractivity contribution is -0.137. The minimum absolute atomic E-state index is 0.0421. The molecule has 0 bridgehead atoms. The zero-order valence-electron chi connectivity index (χ0n) is 16.5. The monoisotopic (exact) mass is 430 g/mol. The van der Waals surface area contributed by atoms with Crippen LogP contribution in [0.2, 0.25) is 5.02 Å². The highest BCUT2D eigenvalue weighted by Gasteiger charge is 2.51. The van der Waals surface area contributed by atoms with E-state index in [2.05, 4.69) is 23.9 Å². The number of ether oxygens (including phenoxy) is 1. The lowest BCUT2D eigenvalue weighted by Gasteiger charge is -2.55. The molecule has 1 aliphatic carbocycles. The maximum absolute atomic E-state index is 12.7. The standard InChI is InChI=1S/C19H22ClF3N4O2/c1-5-29-14-8-13(18(14,2)3)26(4)12-10-25-27(17(28)16(12)20)15-7-6-11(9-24-15)19(21,22)23/h6-7,9-10,13-14H,5,8H2,1-4H3. The first-order chi connectivity index (χ1) is 13.5. The van der Waals surface area contributed by atoms with Gasteiger partial charge in [-0.25, -0.2) is 4.98 Å². The second kappa shape index (κ2) is 7.60. The van der Waals surface area contributed by atoms with Gasteiger partial charge in [0.25, 0.3) is 5.56 Å². The molecule has 10 heteroatoms. The van der Waals surface area contributed by atoms with E-state index < -0.39 is 17.3 Å². The minimum Gasteiger partial charge on any atom is -0.378 e. The van der Waals surface area contributed by atoms with E-state index >= 15 is 0 Å². The fraction of sp³-hybridized carbons (Fsp3) is 0.526. The predicted molar refractivity (Wildman–Crippen MR) is 104 cm³/mol. The van der Waals surface area contributed by atoms with Crippen LogP contribution in [0.5, 0.6) is 0 Å². The number of aromatic nitrogens is 3. The molecule has 2 aromatic heterocycles. The average Bonchev–Trinajstić information content (AvgIpc) is 2.66. The van der Waals surface area contributed by atoms with E-state index in [1.165, 1.54) is 6.20 Å². The Hall–Kier alpha value is -2.13. The number of hydrogen-bond acceptors (Lipinski definition) is 5. The van der Waals surface area contributed by atoms with Gasteiger partial charge in [-0.15, -0.1) is 0 Å². The molecule has 0 aliphatic heterocycles. The van der Waals surface area contributed by atoms with Crippen LogP contribution >= 0.6 is 11.6 Å². The van der Waals surface area contributed by atoms with Crippen LogP contribution in [0.15, 0.2) is 29.3 Å². The van der Waals surface area contributed by atoms with E-state index in [0.717, 1.165) is 23.2 Å². The van der Waals surface area contributed by atoms with E-state index in [4.69, 9.17) is 16.3 Å². The Morgan fingerprint density at radius 2 is 2.03 bits per heavy atom. The molecule has 0 amide bonds. The van der Waals surface area contributed by atoms with Gasteiger partial charge in [0, 0.05) is 31.3 Å². The van der Waals surface area contributed by atoms with E-state index in [9.17, 15) is 18.0 Å². The first-order valence-corrected chi connectivity index (χ1v) is 9.52. The molecule has 2 unspecified atom stereocenters. The molecule has 1 aliphatic rings. The van der Waals surface area contributed by atoms with Gasteiger partial charge in [-0.2, -0.15) is 23.0 Å². The third-order valence-electron chi connectivity index (χ3n) is 5.53. The fourth-order valence-corrected chi connectivity index (χ4v) is 3.95. The number of anilines is 1. The van der Waals surface area contributed by atoms with Crippen LogP contribution in [-0.2, 0) is 10.9 Å². The summed E-state index contributed by atoms with van der Waals surface area (Å²) in [4.78, 5) is 18.3. The Bertz CT molecular complexity index is 944. The minimum atomic E-state index is -4.51. The van der Waals surface area contributed by atoms with Crippen LogP contribution in [0.3, 0.4) is 0 Å². The molecule has 2 heterocycles. The molecule has 158 valence electrons. The highest BCUT2D eigenvalue weighted by Crippen LogP contribution is 2.47. The SMILES string of the molecule is CCOC1CC(N(C)c2cnn(-c3ccc(C(F)(F)F)cn3)c(=O)c2Cl)C1(C)C. The van der Waals surface area contributed by atoms with Crippen molar-refractivity contribution < 1.29 is 17.9 Å². The molecule has 6 nitrogen and oxygen atoms in total. The lowest BCUT2D eigenvalue weighted by atomic mass is 9.63. The molecule has 29 heavy (non-hydrogen) atoms. The van der Waals surface area contributed by atoms with Crippen LogP contribution < -0.4 is 10.5 Å². The van der Waals surface area contributed by atoms with Crippen molar-refractivity contribution in [1.82, 2.24) is 14.8 Å². The first-order valence-electron chi connectivity index (χ1n) is 9.14. The van der Waals surface area contributed by atoms with Crippen LogP contribution in [0.1, 0.15) is 32.8 Å². The van der Waals surface area contributed by atoms with Crippen molar-refractivity contribution >= 4 is 17.3 Å². The third-order valence-corrected chi connectivity index (χ3v) is 5.89. The lowest BCUT2D eigenvalue weighted by Crippen LogP contribution is -2.61. The second-order valence-electron chi connectivity index (χ2n) is 7.59. The van der Waals surface area contributed by atoms with E-state index in [-0.39, 0.29) is 28.4 Å². The summed E-state index contributed by atoms with van der Waals surface area (Å²) in [5.41, 5.74) is -1.25. The van der Waals surface area contributed by atoms with Crippen molar-refractivity contribution in [3.8, 4) is 5.82 Å². The fourth-order valence-electron chi connectivity index (χ4n) is 3.69. The quantitative estimate of drug-likeness (QED) is 0.719. The average molecular weight is 431 g/mol. The molecule has 2 atom stereocenters. The molecule has 0 aromatic carbocycles. The summed E-state index contributed by atoms with van der Waals surface area (Å²) in [6, 6.07) is 2.02. The number of hydrogen-bond donors (Lipinski definition) is 0. The highest BCUT2D eigenvalue weighted by molar-refractivity contribution is 6.33. The van der Waals surface area contributed by atoms with Crippen LogP contribution in [0.4, 0.5) is 18.9 Å².